The van der Waals surface area contributed by atoms with Crippen LogP contribution in [0.25, 0.3) is 22.0 Å². The summed E-state index contributed by atoms with van der Waals surface area (Å²) >= 11 is 0. The predicted octanol–water partition coefficient (Wildman–Crippen LogP) is 10.3. The van der Waals surface area contributed by atoms with Crippen molar-refractivity contribution in [2.24, 2.45) is 33.5 Å². The van der Waals surface area contributed by atoms with Crippen LogP contribution in [0.5, 0.6) is 5.75 Å². The molecule has 1 aromatic carbocycles. The number of methoxy groups -OCH3 is 1. The first-order valence-electron chi connectivity index (χ1n) is 22.5. The number of furan rings is 3. The van der Waals surface area contributed by atoms with Gasteiger partial charge in [0.25, 0.3) is 0 Å². The molecule has 12 rings (SSSR count). The molecule has 13 nitrogen and oxygen atoms in total. The van der Waals surface area contributed by atoms with Crippen LogP contribution in [0.2, 0.25) is 0 Å². The van der Waals surface area contributed by atoms with Gasteiger partial charge in [0.15, 0.2) is 6.10 Å². The molecule has 0 bridgehead atoms. The maximum Gasteiger partial charge on any atom is 0.339 e. The van der Waals surface area contributed by atoms with Gasteiger partial charge in [-0.2, -0.15) is 0 Å². The Hall–Kier alpha value is -5.95. The zero-order chi connectivity index (χ0) is 45.9. The lowest BCUT2D eigenvalue weighted by molar-refractivity contribution is -0.215. The molecule has 1 spiro atoms. The molecule has 13 heteroatoms. The number of carbonyl (C=O) groups is 4. The molecule has 8 heterocycles. The molecule has 3 saturated heterocycles. The summed E-state index contributed by atoms with van der Waals surface area (Å²) in [6, 6.07) is 13.4. The van der Waals surface area contributed by atoms with Crippen molar-refractivity contribution in [3.8, 4) is 5.75 Å². The number of nitrogens with zero attached hydrogens (tertiary/aromatic N) is 1. The monoisotopic (exact) mass is 885 g/mol. The molecule has 0 amide bonds. The van der Waals surface area contributed by atoms with Gasteiger partial charge in [-0.25, -0.2) is 19.4 Å². The maximum absolute atomic E-state index is 14.1. The van der Waals surface area contributed by atoms with Gasteiger partial charge in [-0.1, -0.05) is 44.6 Å². The van der Waals surface area contributed by atoms with Crippen LogP contribution in [0.4, 0.5) is 0 Å². The molecule has 65 heavy (non-hydrogen) atoms. The van der Waals surface area contributed by atoms with Crippen LogP contribution >= 0.6 is 0 Å². The minimum atomic E-state index is -0.958. The Morgan fingerprint density at radius 3 is 2.22 bits per heavy atom. The van der Waals surface area contributed by atoms with Gasteiger partial charge in [0.05, 0.1) is 54.7 Å². The van der Waals surface area contributed by atoms with Crippen LogP contribution in [0.1, 0.15) is 110 Å². The molecule has 4 aliphatic heterocycles. The lowest BCUT2D eigenvalue weighted by Crippen LogP contribution is -2.71. The standard InChI is InChI=1S/C26H30O7.C14H16O3.C12H9NO2/c1-22(2)16-12-17(27)25(5)15(23(16,3)9-7-18(28)32-22)6-10-24(4)19(14-8-11-30-13-14)31-21(29)20-26(24,25)33-20;1-9-4-3-6-14(2)11(9)13(15)17-12(14)10-5-7-16-8-10;1-14-11-8-4-2-3-5-10(8)13-12-9(11)6-7-15-12/h7-9,11,13,15-16,19-20H,6,10,12H2,1-5H3;5,7-8,12H,3-4,6H2,1-2H3;2-7H,1H3/t15?,16?,19?,20-,23-,24+,25+,26-;12?,14-;/m11./s1. The Balaban J connectivity index is 0.000000129. The third-order valence-corrected chi connectivity index (χ3v) is 16.6. The molecule has 2 saturated carbocycles. The van der Waals surface area contributed by atoms with Gasteiger partial charge in [-0.15, -0.1) is 0 Å². The zero-order valence-electron chi connectivity index (χ0n) is 38.1. The van der Waals surface area contributed by atoms with Crippen molar-refractivity contribution in [3.63, 3.8) is 0 Å². The van der Waals surface area contributed by atoms with Gasteiger partial charge in [-0.05, 0) is 101 Å². The highest BCUT2D eigenvalue weighted by Gasteiger charge is 2.88. The maximum atomic E-state index is 14.1. The van der Waals surface area contributed by atoms with E-state index >= 15 is 0 Å². The number of fused-ring (bicyclic) bond motifs is 6. The first kappa shape index (κ1) is 43.0. The van der Waals surface area contributed by atoms with E-state index < -0.39 is 45.6 Å². The van der Waals surface area contributed by atoms with Crippen LogP contribution in [0.3, 0.4) is 0 Å². The fraction of sp³-hybridized carbons (Fsp3) is 0.481. The molecule has 7 aliphatic rings. The predicted molar refractivity (Wildman–Crippen MR) is 235 cm³/mol. The topological polar surface area (TPSA) is 170 Å². The van der Waals surface area contributed by atoms with E-state index in [4.69, 9.17) is 36.9 Å². The summed E-state index contributed by atoms with van der Waals surface area (Å²) in [4.78, 5) is 56.0. The van der Waals surface area contributed by atoms with Crippen molar-refractivity contribution in [2.75, 3.05) is 7.11 Å². The molecule has 5 fully saturated rings. The number of hydrogen-bond donors (Lipinski definition) is 0. The summed E-state index contributed by atoms with van der Waals surface area (Å²) in [5.74, 6) is -0.336. The number of esters is 3. The summed E-state index contributed by atoms with van der Waals surface area (Å²) in [6.45, 7) is 14.2. The second-order valence-electron chi connectivity index (χ2n) is 20.3. The molecule has 10 atom stereocenters. The number of aromatic nitrogens is 1. The van der Waals surface area contributed by atoms with E-state index in [9.17, 15) is 19.2 Å². The summed E-state index contributed by atoms with van der Waals surface area (Å²) in [5, 5.41) is 1.92. The lowest BCUT2D eigenvalue weighted by atomic mass is 9.37. The van der Waals surface area contributed by atoms with E-state index in [0.717, 1.165) is 64.4 Å². The number of hydrogen-bond acceptors (Lipinski definition) is 13. The van der Waals surface area contributed by atoms with Gasteiger partial charge < -0.3 is 36.9 Å². The number of Topliss-reactive ketones (excluding diaryl/α,β-unsaturated/α-hetero) is 1. The number of carbonyl (C=O) groups excluding carboxylic acids is 4. The van der Waals surface area contributed by atoms with Crippen LogP contribution < -0.4 is 4.74 Å². The third kappa shape index (κ3) is 6.02. The van der Waals surface area contributed by atoms with Gasteiger partial charge in [-0.3, -0.25) is 4.79 Å². The number of para-hydroxylation sites is 1. The van der Waals surface area contributed by atoms with Crippen molar-refractivity contribution in [3.05, 3.63) is 108 Å². The van der Waals surface area contributed by atoms with Crippen LogP contribution in [0.15, 0.2) is 110 Å². The number of ketones is 1. The second-order valence-corrected chi connectivity index (χ2v) is 20.3. The first-order chi connectivity index (χ1) is 30.9. The molecule has 0 radical (unpaired) electrons. The SMILES string of the molecule is CC1(C)OC(=O)C=C[C@@]2(C)C1CC(=O)[C@]1(C)C2CC[C@@]2(C)C(c3ccoc3)OC(=O)[C@H]3O[C@]321.CC1=C2C(=O)OC(c3ccoc3)[C@]2(C)CCC1.COc1c2ccccc2nc2occc12. The fourth-order valence-electron chi connectivity index (χ4n) is 13.6. The van der Waals surface area contributed by atoms with Crippen LogP contribution in [0, 0.1) is 33.5 Å². The quantitative estimate of drug-likeness (QED) is 0.0953. The van der Waals surface area contributed by atoms with E-state index in [1.807, 2.05) is 76.2 Å². The van der Waals surface area contributed by atoms with Gasteiger partial charge >= 0.3 is 17.9 Å². The molecule has 4 aromatic heterocycles. The van der Waals surface area contributed by atoms with Crippen LogP contribution in [-0.4, -0.2) is 53.1 Å². The summed E-state index contributed by atoms with van der Waals surface area (Å²) in [6.07, 6.45) is 14.9. The molecule has 4 unspecified atom stereocenters. The molecular weight excluding hydrogens is 831 g/mol. The molecule has 340 valence electrons. The highest BCUT2D eigenvalue weighted by atomic mass is 16.7. The second kappa shape index (κ2) is 14.8. The summed E-state index contributed by atoms with van der Waals surface area (Å²) in [5.41, 5.74) is 1.43. The average molecular weight is 886 g/mol. The average Bonchev–Trinajstić information content (AvgIpc) is 3.77. The number of benzene rings is 1. The summed E-state index contributed by atoms with van der Waals surface area (Å²) < 4.78 is 44.6. The van der Waals surface area contributed by atoms with Crippen molar-refractivity contribution in [1.82, 2.24) is 4.98 Å². The Bertz CT molecular complexity index is 2800. The van der Waals surface area contributed by atoms with Crippen molar-refractivity contribution in [2.45, 2.75) is 117 Å². The van der Waals surface area contributed by atoms with E-state index in [-0.39, 0.29) is 47.5 Å². The number of rotatable bonds is 3. The number of allylic oxidation sites excluding steroid dienone is 2. The molecule has 5 aromatic rings. The van der Waals surface area contributed by atoms with Gasteiger partial charge in [0.1, 0.15) is 34.9 Å². The largest absolute Gasteiger partial charge is 0.495 e. The Morgan fingerprint density at radius 2 is 1.51 bits per heavy atom. The third-order valence-electron chi connectivity index (χ3n) is 16.6. The highest BCUT2D eigenvalue weighted by Crippen LogP contribution is 2.78. The summed E-state index contributed by atoms with van der Waals surface area (Å²) in [7, 11) is 1.66. The van der Waals surface area contributed by atoms with Crippen molar-refractivity contribution in [1.29, 1.82) is 0 Å². The fourth-order valence-corrected chi connectivity index (χ4v) is 13.6. The number of cyclic esters (lactones) is 3. The van der Waals surface area contributed by atoms with E-state index in [0.29, 0.717) is 12.1 Å². The van der Waals surface area contributed by atoms with Crippen LogP contribution in [-0.2, 0) is 38.1 Å². The Labute approximate surface area is 376 Å². The highest BCUT2D eigenvalue weighted by molar-refractivity contribution is 5.99. The van der Waals surface area contributed by atoms with E-state index in [2.05, 4.69) is 25.8 Å². The molecular formula is C52H55NO12. The smallest absolute Gasteiger partial charge is 0.339 e. The Morgan fingerprint density at radius 1 is 0.785 bits per heavy atom. The number of ether oxygens (including phenoxy) is 5. The van der Waals surface area contributed by atoms with E-state index in [1.165, 1.54) is 11.6 Å². The zero-order valence-corrected chi connectivity index (χ0v) is 38.1. The number of pyridine rings is 1. The van der Waals surface area contributed by atoms with Crippen molar-refractivity contribution >= 4 is 45.7 Å². The minimum absolute atomic E-state index is 0.0727. The normalized spacial score (nSPS) is 36.2. The van der Waals surface area contributed by atoms with Crippen molar-refractivity contribution < 1.29 is 56.1 Å². The van der Waals surface area contributed by atoms with Gasteiger partial charge in [0.2, 0.25) is 5.71 Å². The van der Waals surface area contributed by atoms with E-state index in [1.54, 1.807) is 38.4 Å². The number of epoxide rings is 1. The molecule has 3 aliphatic carbocycles. The Kier molecular flexibility index (Phi) is 9.77. The first-order valence-corrected chi connectivity index (χ1v) is 22.5. The minimum Gasteiger partial charge on any atom is -0.495 e. The van der Waals surface area contributed by atoms with Gasteiger partial charge in [0, 0.05) is 51.3 Å². The molecule has 0 N–H and O–H groups in total. The lowest BCUT2D eigenvalue weighted by Gasteiger charge is -2.64.